The third kappa shape index (κ3) is 3.94. The Hall–Kier alpha value is -2.43. The van der Waals surface area contributed by atoms with Crippen LogP contribution in [-0.2, 0) is 14.8 Å². The van der Waals surface area contributed by atoms with Crippen molar-refractivity contribution in [1.82, 2.24) is 19.4 Å². The van der Waals surface area contributed by atoms with Crippen LogP contribution in [0.3, 0.4) is 0 Å². The molecule has 162 valence electrons. The summed E-state index contributed by atoms with van der Waals surface area (Å²) < 4.78 is 38.8. The van der Waals surface area contributed by atoms with E-state index in [4.69, 9.17) is 9.47 Å². The molecule has 0 aliphatic carbocycles. The lowest BCUT2D eigenvalue weighted by molar-refractivity contribution is 0.0301. The van der Waals surface area contributed by atoms with Gasteiger partial charge in [-0.05, 0) is 37.1 Å². The Morgan fingerprint density at radius 3 is 2.60 bits per heavy atom. The summed E-state index contributed by atoms with van der Waals surface area (Å²) in [4.78, 5) is 15.0. The number of carbonyl (C=O) groups excluding carboxylic acids is 1. The third-order valence-corrected chi connectivity index (χ3v) is 7.57. The first-order valence-electron chi connectivity index (χ1n) is 10.1. The molecule has 30 heavy (non-hydrogen) atoms. The minimum atomic E-state index is -3.74. The highest BCUT2D eigenvalue weighted by atomic mass is 32.2. The number of piperidine rings is 1. The van der Waals surface area contributed by atoms with Crippen molar-refractivity contribution >= 4 is 15.9 Å². The number of methoxy groups -OCH3 is 1. The van der Waals surface area contributed by atoms with Crippen molar-refractivity contribution in [3.63, 3.8) is 0 Å². The molecule has 10 heteroatoms. The second kappa shape index (κ2) is 8.75. The minimum Gasteiger partial charge on any atom is -0.497 e. The van der Waals surface area contributed by atoms with E-state index in [0.717, 1.165) is 12.8 Å². The third-order valence-electron chi connectivity index (χ3n) is 5.65. The highest BCUT2D eigenvalue weighted by Gasteiger charge is 2.38. The van der Waals surface area contributed by atoms with E-state index in [1.807, 2.05) is 0 Å². The zero-order chi connectivity index (χ0) is 21.1. The molecule has 2 saturated heterocycles. The standard InChI is InChI=1S/C20H26N4O5S/c1-28-15-5-7-16(8-6-15)30(26,27)24-9-3-2-4-18(24)19-17(14-21-22-19)20(25)23-10-12-29-13-11-23/h5-8,14,18H,2-4,9-13H2,1H3,(H,21,22)/t18-/m1/s1. The van der Waals surface area contributed by atoms with E-state index in [2.05, 4.69) is 10.2 Å². The van der Waals surface area contributed by atoms with E-state index in [-0.39, 0.29) is 10.8 Å². The number of aromatic nitrogens is 2. The molecule has 1 N–H and O–H groups in total. The Balaban J connectivity index is 1.64. The maximum atomic E-state index is 13.4. The first-order valence-corrected chi connectivity index (χ1v) is 11.5. The molecule has 2 aliphatic rings. The summed E-state index contributed by atoms with van der Waals surface area (Å²) in [5.74, 6) is 0.450. The van der Waals surface area contributed by atoms with Gasteiger partial charge in [-0.25, -0.2) is 8.42 Å². The van der Waals surface area contributed by atoms with Gasteiger partial charge in [0.05, 0.1) is 48.7 Å². The van der Waals surface area contributed by atoms with Gasteiger partial charge in [-0.3, -0.25) is 9.89 Å². The predicted molar refractivity (Wildman–Crippen MR) is 109 cm³/mol. The van der Waals surface area contributed by atoms with E-state index >= 15 is 0 Å². The SMILES string of the molecule is COc1ccc(S(=O)(=O)N2CCCC[C@@H]2c2[nH]ncc2C(=O)N2CCOCC2)cc1. The zero-order valence-electron chi connectivity index (χ0n) is 16.9. The van der Waals surface area contributed by atoms with Crippen LogP contribution in [0.15, 0.2) is 35.4 Å². The van der Waals surface area contributed by atoms with E-state index in [9.17, 15) is 13.2 Å². The Morgan fingerprint density at radius 1 is 1.17 bits per heavy atom. The molecule has 1 aromatic carbocycles. The summed E-state index contributed by atoms with van der Waals surface area (Å²) in [5, 5.41) is 7.00. The summed E-state index contributed by atoms with van der Waals surface area (Å²) >= 11 is 0. The fraction of sp³-hybridized carbons (Fsp3) is 0.500. The van der Waals surface area contributed by atoms with Crippen LogP contribution in [0, 0.1) is 0 Å². The number of carbonyl (C=O) groups is 1. The Labute approximate surface area is 176 Å². The Bertz CT molecular complexity index is 983. The Kier molecular flexibility index (Phi) is 6.07. The summed E-state index contributed by atoms with van der Waals surface area (Å²) in [5.41, 5.74) is 0.988. The Morgan fingerprint density at radius 2 is 1.90 bits per heavy atom. The van der Waals surface area contributed by atoms with Gasteiger partial charge in [0.2, 0.25) is 10.0 Å². The van der Waals surface area contributed by atoms with Gasteiger partial charge in [0.15, 0.2) is 0 Å². The molecule has 0 bridgehead atoms. The number of sulfonamides is 1. The number of nitrogens with one attached hydrogen (secondary N) is 1. The lowest BCUT2D eigenvalue weighted by Gasteiger charge is -2.35. The number of hydrogen-bond acceptors (Lipinski definition) is 6. The smallest absolute Gasteiger partial charge is 0.257 e. The van der Waals surface area contributed by atoms with Crippen LogP contribution in [0.2, 0.25) is 0 Å². The lowest BCUT2D eigenvalue weighted by Crippen LogP contribution is -2.42. The van der Waals surface area contributed by atoms with Crippen LogP contribution >= 0.6 is 0 Å². The van der Waals surface area contributed by atoms with E-state index in [1.54, 1.807) is 29.2 Å². The van der Waals surface area contributed by atoms with Gasteiger partial charge in [-0.2, -0.15) is 9.40 Å². The van der Waals surface area contributed by atoms with E-state index in [1.165, 1.54) is 17.6 Å². The number of amides is 1. The van der Waals surface area contributed by atoms with Gasteiger partial charge in [-0.1, -0.05) is 6.42 Å². The number of morpholine rings is 1. The van der Waals surface area contributed by atoms with Crippen molar-refractivity contribution < 1.29 is 22.7 Å². The van der Waals surface area contributed by atoms with Crippen LogP contribution in [0.4, 0.5) is 0 Å². The molecule has 9 nitrogen and oxygen atoms in total. The lowest BCUT2D eigenvalue weighted by atomic mass is 9.99. The van der Waals surface area contributed by atoms with Gasteiger partial charge in [-0.15, -0.1) is 0 Å². The monoisotopic (exact) mass is 434 g/mol. The summed E-state index contributed by atoms with van der Waals surface area (Å²) in [6.45, 7) is 2.42. The molecule has 3 heterocycles. The minimum absolute atomic E-state index is 0.144. The van der Waals surface area contributed by atoms with Crippen molar-refractivity contribution in [3.8, 4) is 5.75 Å². The predicted octanol–water partition coefficient (Wildman–Crippen LogP) is 1.81. The normalized spacial score (nSPS) is 20.8. The summed E-state index contributed by atoms with van der Waals surface area (Å²) in [7, 11) is -2.21. The zero-order valence-corrected chi connectivity index (χ0v) is 17.7. The van der Waals surface area contributed by atoms with Crippen LogP contribution in [0.1, 0.15) is 41.4 Å². The van der Waals surface area contributed by atoms with Gasteiger partial charge < -0.3 is 14.4 Å². The molecule has 2 fully saturated rings. The van der Waals surface area contributed by atoms with Gasteiger partial charge in [0, 0.05) is 19.6 Å². The molecule has 2 aromatic rings. The maximum Gasteiger partial charge on any atom is 0.257 e. The van der Waals surface area contributed by atoms with Gasteiger partial charge >= 0.3 is 0 Å². The van der Waals surface area contributed by atoms with E-state index in [0.29, 0.717) is 56.3 Å². The maximum absolute atomic E-state index is 13.4. The van der Waals surface area contributed by atoms with Crippen molar-refractivity contribution in [2.45, 2.75) is 30.2 Å². The quantitative estimate of drug-likeness (QED) is 0.770. The van der Waals surface area contributed by atoms with Crippen LogP contribution in [-0.4, -0.2) is 73.7 Å². The molecule has 0 spiro atoms. The van der Waals surface area contributed by atoms with E-state index < -0.39 is 16.1 Å². The van der Waals surface area contributed by atoms with Crippen LogP contribution < -0.4 is 4.74 Å². The molecule has 1 amide bonds. The first kappa shape index (κ1) is 20.8. The molecule has 1 atom stereocenters. The number of ether oxygens (including phenoxy) is 2. The number of benzene rings is 1. The number of H-pyrrole nitrogens is 1. The summed E-state index contributed by atoms with van der Waals surface area (Å²) in [6, 6.07) is 5.90. The number of rotatable bonds is 5. The first-order chi connectivity index (χ1) is 14.5. The molecule has 0 unspecified atom stereocenters. The second-order valence-corrected chi connectivity index (χ2v) is 9.30. The highest BCUT2D eigenvalue weighted by Crippen LogP contribution is 2.36. The largest absolute Gasteiger partial charge is 0.497 e. The molecule has 0 radical (unpaired) electrons. The molecule has 1 aromatic heterocycles. The fourth-order valence-corrected chi connectivity index (χ4v) is 5.69. The van der Waals surface area contributed by atoms with Crippen molar-refractivity contribution in [1.29, 1.82) is 0 Å². The molecule has 4 rings (SSSR count). The average molecular weight is 435 g/mol. The average Bonchev–Trinajstić information content (AvgIpc) is 3.29. The molecular weight excluding hydrogens is 408 g/mol. The van der Waals surface area contributed by atoms with Crippen molar-refractivity contribution in [3.05, 3.63) is 41.7 Å². The van der Waals surface area contributed by atoms with Gasteiger partial charge in [0.1, 0.15) is 5.75 Å². The van der Waals surface area contributed by atoms with Crippen molar-refractivity contribution in [2.75, 3.05) is 40.0 Å². The fourth-order valence-electron chi connectivity index (χ4n) is 4.02. The topological polar surface area (TPSA) is 105 Å². The molecule has 2 aliphatic heterocycles. The van der Waals surface area contributed by atoms with Gasteiger partial charge in [0.25, 0.3) is 5.91 Å². The highest BCUT2D eigenvalue weighted by molar-refractivity contribution is 7.89. The van der Waals surface area contributed by atoms with Crippen LogP contribution in [0.25, 0.3) is 0 Å². The summed E-state index contributed by atoms with van der Waals surface area (Å²) in [6.07, 6.45) is 3.77. The second-order valence-electron chi connectivity index (χ2n) is 7.40. The van der Waals surface area contributed by atoms with Crippen molar-refractivity contribution in [2.24, 2.45) is 0 Å². The number of aromatic amines is 1. The molecule has 0 saturated carbocycles. The molecular formula is C20H26N4O5S. The number of hydrogen-bond donors (Lipinski definition) is 1. The van der Waals surface area contributed by atoms with Crippen LogP contribution in [0.5, 0.6) is 5.75 Å². The number of nitrogens with zero attached hydrogens (tertiary/aromatic N) is 3.